The zero-order chi connectivity index (χ0) is 33.2. The van der Waals surface area contributed by atoms with Crippen molar-refractivity contribution in [3.63, 3.8) is 0 Å². The lowest BCUT2D eigenvalue weighted by molar-refractivity contribution is 0.571. The highest BCUT2D eigenvalue weighted by Gasteiger charge is 2.32. The molecule has 1 aromatic heterocycles. The van der Waals surface area contributed by atoms with Gasteiger partial charge in [0.2, 0.25) is 0 Å². The van der Waals surface area contributed by atoms with Crippen LogP contribution in [0.3, 0.4) is 0 Å². The van der Waals surface area contributed by atoms with Gasteiger partial charge in [0.1, 0.15) is 11.0 Å². The number of furan rings is 1. The van der Waals surface area contributed by atoms with E-state index in [2.05, 4.69) is 164 Å². The number of aryl methyl sites for hydroxylation is 1. The van der Waals surface area contributed by atoms with Crippen molar-refractivity contribution in [3.8, 4) is 22.3 Å². The van der Waals surface area contributed by atoms with Crippen molar-refractivity contribution in [2.24, 2.45) is 0 Å². The maximum absolute atomic E-state index is 6.38. The van der Waals surface area contributed by atoms with Crippen LogP contribution in [0.1, 0.15) is 35.4 Å². The van der Waals surface area contributed by atoms with E-state index in [4.69, 9.17) is 4.42 Å². The number of rotatable bonds is 5. The first kappa shape index (κ1) is 29.4. The Hall–Kier alpha value is -5.51. The van der Waals surface area contributed by atoms with E-state index in [9.17, 15) is 0 Å². The van der Waals surface area contributed by atoms with Crippen LogP contribution in [-0.2, 0) is 0 Å². The summed E-state index contributed by atoms with van der Waals surface area (Å²) in [7, 11) is 0. The van der Waals surface area contributed by atoms with Gasteiger partial charge in [0.15, 0.2) is 0 Å². The van der Waals surface area contributed by atoms with E-state index < -0.39 is 0 Å². The number of hydrogen-bond acceptors (Lipinski definition) is 3. The zero-order valence-corrected chi connectivity index (χ0v) is 28.6. The van der Waals surface area contributed by atoms with Crippen molar-refractivity contribution in [2.45, 2.75) is 35.8 Å². The first-order chi connectivity index (χ1) is 24.7. The van der Waals surface area contributed by atoms with Gasteiger partial charge in [0.05, 0.1) is 5.69 Å². The molecule has 0 saturated carbocycles. The van der Waals surface area contributed by atoms with E-state index in [1.165, 1.54) is 71.1 Å². The quantitative estimate of drug-likeness (QED) is 0.199. The molecule has 2 aliphatic carbocycles. The molecular formula is C47H35NOS. The van der Waals surface area contributed by atoms with Crippen molar-refractivity contribution >= 4 is 56.5 Å². The van der Waals surface area contributed by atoms with E-state index in [1.807, 2.05) is 11.8 Å². The predicted octanol–water partition coefficient (Wildman–Crippen LogP) is 11.2. The first-order valence-corrected chi connectivity index (χ1v) is 18.4. The molecule has 240 valence electrons. The van der Waals surface area contributed by atoms with E-state index in [0.29, 0.717) is 11.2 Å². The fourth-order valence-corrected chi connectivity index (χ4v) is 9.55. The van der Waals surface area contributed by atoms with Gasteiger partial charge in [-0.15, -0.1) is 11.8 Å². The van der Waals surface area contributed by atoms with Gasteiger partial charge in [-0.2, -0.15) is 0 Å². The standard InChI is InChI=1S/C47H35NOS/c1-29-12-2-4-14-33(29)39-28-32(26-30-13-3-5-15-34(30)39)36-19-10-18-35(31-24-25-45-40(27-31)37-16-7-9-23-44(37)50-45)47(36)48-41-20-11-22-43-46(41)38-17-6-8-21-42(38)49-43/h2-10,12-19,21-28,40,45,48H,11,20H2,1H3. The Morgan fingerprint density at radius 1 is 0.720 bits per heavy atom. The summed E-state index contributed by atoms with van der Waals surface area (Å²) in [6.07, 6.45) is 11.4. The molecule has 3 aliphatic rings. The second-order valence-electron chi connectivity index (χ2n) is 13.6. The van der Waals surface area contributed by atoms with Crippen molar-refractivity contribution in [3.05, 3.63) is 173 Å². The van der Waals surface area contributed by atoms with Crippen LogP contribution in [0.15, 0.2) is 155 Å². The highest BCUT2D eigenvalue weighted by atomic mass is 32.2. The molecule has 2 heterocycles. The van der Waals surface area contributed by atoms with E-state index in [-0.39, 0.29) is 0 Å². The fourth-order valence-electron chi connectivity index (χ4n) is 8.23. The smallest absolute Gasteiger partial charge is 0.135 e. The van der Waals surface area contributed by atoms with Crippen LogP contribution in [0.25, 0.3) is 61.3 Å². The molecular weight excluding hydrogens is 627 g/mol. The molecule has 2 nitrogen and oxygen atoms in total. The summed E-state index contributed by atoms with van der Waals surface area (Å²) in [6, 6.07) is 46.4. The van der Waals surface area contributed by atoms with Crippen molar-refractivity contribution in [1.82, 2.24) is 0 Å². The van der Waals surface area contributed by atoms with Crippen LogP contribution < -0.4 is 16.0 Å². The number of para-hydroxylation sites is 2. The summed E-state index contributed by atoms with van der Waals surface area (Å²) in [5.74, 6) is 0.349. The number of anilines is 1. The predicted molar refractivity (Wildman–Crippen MR) is 212 cm³/mol. The van der Waals surface area contributed by atoms with Crippen LogP contribution in [0.5, 0.6) is 0 Å². The number of benzene rings is 6. The maximum atomic E-state index is 6.38. The summed E-state index contributed by atoms with van der Waals surface area (Å²) in [4.78, 5) is 1.39. The van der Waals surface area contributed by atoms with Crippen LogP contribution in [0, 0.1) is 6.92 Å². The molecule has 2 atom stereocenters. The second-order valence-corrected chi connectivity index (χ2v) is 14.8. The Morgan fingerprint density at radius 3 is 2.44 bits per heavy atom. The SMILES string of the molecule is Cc1ccccc1-c1cc(-c2cccc(C3=CC4c5ccccc5SC4C=C3)c2NC2=c3c(oc4ccccc34)=CCC2)cc2ccccc12. The van der Waals surface area contributed by atoms with E-state index in [1.54, 1.807) is 0 Å². The lowest BCUT2D eigenvalue weighted by Gasteiger charge is -2.24. The Kier molecular flexibility index (Phi) is 6.95. The summed E-state index contributed by atoms with van der Waals surface area (Å²) in [5, 5.41) is 9.38. The molecule has 0 bridgehead atoms. The van der Waals surface area contributed by atoms with Crippen LogP contribution in [-0.4, -0.2) is 5.25 Å². The minimum absolute atomic E-state index is 0.349. The lowest BCUT2D eigenvalue weighted by Crippen LogP contribution is -2.29. The number of thioether (sulfide) groups is 1. The molecule has 0 fully saturated rings. The number of allylic oxidation sites excluding steroid dienone is 3. The van der Waals surface area contributed by atoms with Gasteiger partial charge in [-0.1, -0.05) is 121 Å². The van der Waals surface area contributed by atoms with Gasteiger partial charge in [-0.3, -0.25) is 0 Å². The third-order valence-electron chi connectivity index (χ3n) is 10.6. The first-order valence-electron chi connectivity index (χ1n) is 17.6. The summed E-state index contributed by atoms with van der Waals surface area (Å²) in [5.41, 5.74) is 14.3. The molecule has 6 aromatic carbocycles. The monoisotopic (exact) mass is 661 g/mol. The normalized spacial score (nSPS) is 17.6. The van der Waals surface area contributed by atoms with E-state index in [0.717, 1.165) is 34.9 Å². The Morgan fingerprint density at radius 2 is 1.50 bits per heavy atom. The van der Waals surface area contributed by atoms with Crippen molar-refractivity contribution in [1.29, 1.82) is 0 Å². The Bertz CT molecular complexity index is 2690. The number of fused-ring (bicyclic) bond motifs is 7. The van der Waals surface area contributed by atoms with Gasteiger partial charge in [0, 0.05) is 43.5 Å². The molecule has 7 aromatic rings. The van der Waals surface area contributed by atoms with E-state index >= 15 is 0 Å². The topological polar surface area (TPSA) is 25.2 Å². The molecule has 0 amide bonds. The third-order valence-corrected chi connectivity index (χ3v) is 12.0. The highest BCUT2D eigenvalue weighted by Crippen LogP contribution is 2.50. The summed E-state index contributed by atoms with van der Waals surface area (Å²) >= 11 is 1.98. The molecule has 2 unspecified atom stereocenters. The highest BCUT2D eigenvalue weighted by molar-refractivity contribution is 8.00. The zero-order valence-electron chi connectivity index (χ0n) is 27.8. The van der Waals surface area contributed by atoms with Crippen molar-refractivity contribution < 1.29 is 4.42 Å². The molecule has 3 heteroatoms. The largest absolute Gasteiger partial charge is 0.456 e. The van der Waals surface area contributed by atoms with Crippen molar-refractivity contribution in [2.75, 3.05) is 5.32 Å². The lowest BCUT2D eigenvalue weighted by atomic mass is 9.85. The van der Waals surface area contributed by atoms with Gasteiger partial charge in [-0.05, 0) is 94.3 Å². The van der Waals surface area contributed by atoms with Gasteiger partial charge in [-0.25, -0.2) is 0 Å². The Balaban J connectivity index is 1.22. The Labute approximate surface area is 296 Å². The number of hydrogen-bond donors (Lipinski definition) is 1. The fraction of sp³-hybridized carbons (Fsp3) is 0.106. The van der Waals surface area contributed by atoms with Crippen LogP contribution >= 0.6 is 11.8 Å². The average Bonchev–Trinajstić information content (AvgIpc) is 3.73. The minimum Gasteiger partial charge on any atom is -0.456 e. The molecule has 1 aliphatic heterocycles. The summed E-state index contributed by atoms with van der Waals surface area (Å²) < 4.78 is 6.38. The minimum atomic E-state index is 0.349. The van der Waals surface area contributed by atoms with Crippen LogP contribution in [0.2, 0.25) is 0 Å². The molecule has 10 rings (SSSR count). The second kappa shape index (κ2) is 11.8. The number of nitrogens with one attached hydrogen (secondary N) is 1. The van der Waals surface area contributed by atoms with Gasteiger partial charge >= 0.3 is 0 Å². The third kappa shape index (κ3) is 4.80. The van der Waals surface area contributed by atoms with Gasteiger partial charge < -0.3 is 9.73 Å². The van der Waals surface area contributed by atoms with Crippen LogP contribution in [0.4, 0.5) is 5.69 Å². The average molecular weight is 662 g/mol. The molecule has 0 spiro atoms. The molecule has 1 N–H and O–H groups in total. The molecule has 0 radical (unpaired) electrons. The molecule has 50 heavy (non-hydrogen) atoms. The van der Waals surface area contributed by atoms with Gasteiger partial charge in [0.25, 0.3) is 0 Å². The maximum Gasteiger partial charge on any atom is 0.135 e. The molecule has 0 saturated heterocycles. The summed E-state index contributed by atoms with van der Waals surface area (Å²) in [6.45, 7) is 2.21.